The van der Waals surface area contributed by atoms with Gasteiger partial charge in [-0.05, 0) is 20.3 Å². The van der Waals surface area contributed by atoms with Gasteiger partial charge in [-0.25, -0.2) is 12.8 Å². The third-order valence-corrected chi connectivity index (χ3v) is 4.29. The van der Waals surface area contributed by atoms with Crippen LogP contribution in [-0.2, 0) is 44.9 Å². The second-order valence-corrected chi connectivity index (χ2v) is 7.58. The molecule has 30 heavy (non-hydrogen) atoms. The van der Waals surface area contributed by atoms with Gasteiger partial charge in [0.25, 0.3) is 11.8 Å². The second-order valence-electron chi connectivity index (χ2n) is 7.58. The number of aliphatic hydroxyl groups excluding tert-OH is 1. The van der Waals surface area contributed by atoms with Crippen molar-refractivity contribution in [3.8, 4) is 0 Å². The van der Waals surface area contributed by atoms with Crippen LogP contribution in [0.4, 0.5) is 0 Å². The number of cyclic esters (lactones) is 1. The predicted molar refractivity (Wildman–Crippen MR) is 113 cm³/mol. The minimum Gasteiger partial charge on any atom is -0.566 e. The van der Waals surface area contributed by atoms with Crippen LogP contribution in [0.5, 0.6) is 0 Å². The van der Waals surface area contributed by atoms with Crippen LogP contribution in [0.2, 0.25) is 0 Å². The summed E-state index contributed by atoms with van der Waals surface area (Å²) in [5.74, 6) is -0.577. The minimum absolute atomic E-state index is 0. The second kappa shape index (κ2) is 15.5. The molecule has 7 nitrogen and oxygen atoms in total. The van der Waals surface area contributed by atoms with Crippen molar-refractivity contribution in [3.63, 3.8) is 0 Å². The minimum atomic E-state index is -0.221. The maximum absolute atomic E-state index is 11.0. The summed E-state index contributed by atoms with van der Waals surface area (Å²) in [7, 11) is 3.99. The average molecular weight is 596 g/mol. The molecule has 0 aliphatic carbocycles. The van der Waals surface area contributed by atoms with Crippen molar-refractivity contribution in [2.75, 3.05) is 20.3 Å². The number of carbonyl (C=O) groups excluding carboxylic acids is 3. The maximum Gasteiger partial charge on any atom is 2.00 e. The van der Waals surface area contributed by atoms with E-state index in [0.717, 1.165) is 37.6 Å². The third kappa shape index (κ3) is 10.6. The van der Waals surface area contributed by atoms with Gasteiger partial charge in [0.05, 0.1) is 13.2 Å². The first kappa shape index (κ1) is 30.9. The van der Waals surface area contributed by atoms with Gasteiger partial charge in [-0.2, -0.15) is 6.92 Å². The van der Waals surface area contributed by atoms with Crippen molar-refractivity contribution in [3.05, 3.63) is 37.3 Å². The summed E-state index contributed by atoms with van der Waals surface area (Å²) in [5, 5.41) is 7.44. The molecule has 0 spiro atoms. The van der Waals surface area contributed by atoms with Crippen molar-refractivity contribution in [2.24, 2.45) is 5.41 Å². The Morgan fingerprint density at radius 3 is 1.70 bits per heavy atom. The van der Waals surface area contributed by atoms with E-state index in [9.17, 15) is 14.4 Å². The first-order valence-corrected chi connectivity index (χ1v) is 9.30. The molecule has 3 aliphatic rings. The van der Waals surface area contributed by atoms with Crippen LogP contribution < -0.4 is 0 Å². The molecule has 0 aromatic rings. The van der Waals surface area contributed by atoms with E-state index < -0.39 is 0 Å². The smallest absolute Gasteiger partial charge is 0.566 e. The summed E-state index contributed by atoms with van der Waals surface area (Å²) in [5.41, 5.74) is 2.24. The van der Waals surface area contributed by atoms with Crippen LogP contribution in [0.25, 0.3) is 0 Å². The number of rotatable bonds is 1. The molecule has 0 aromatic heterocycles. The fourth-order valence-electron chi connectivity index (χ4n) is 2.29. The molecule has 1 N–H and O–H groups in total. The number of imide groups is 1. The van der Waals surface area contributed by atoms with Gasteiger partial charge in [0.1, 0.15) is 6.10 Å². The zero-order valence-electron chi connectivity index (χ0n) is 20.2. The van der Waals surface area contributed by atoms with Crippen molar-refractivity contribution in [1.82, 2.24) is 4.90 Å². The standard InChI is InChI=1S/C7H9NO2.C7H10O2.C5H10O.C2H5O.CH3.W/c1-4-5(2)7(10)8(3)6(4)9;1-3-6-4-5(2)7(8)9-6;1-5(2)3-6-4-5;1-2-3;;/h1-3H3;6H,2-4H2,1H3;3-4H2,1-2H3;2-3H,1H3;1H3;/q;;;2*-1;+2/i;;;;1D;. The maximum atomic E-state index is 11.0. The molecule has 0 bridgehead atoms. The van der Waals surface area contributed by atoms with E-state index in [1.54, 1.807) is 20.8 Å². The van der Waals surface area contributed by atoms with Crippen LogP contribution in [-0.4, -0.2) is 54.2 Å². The Balaban J connectivity index is -0.000000345. The number of ether oxygens (including phenoxy) is 2. The summed E-state index contributed by atoms with van der Waals surface area (Å²) in [6.45, 7) is 17.8. The molecule has 0 radical (unpaired) electrons. The fraction of sp³-hybridized carbons (Fsp3) is 0.591. The summed E-state index contributed by atoms with van der Waals surface area (Å²) >= 11 is 0. The fourth-order valence-corrected chi connectivity index (χ4v) is 2.29. The molecule has 2 saturated heterocycles. The third-order valence-electron chi connectivity index (χ3n) is 4.29. The molecule has 3 heterocycles. The number of amides is 2. The number of aliphatic hydroxyl groups is 1. The SMILES string of the molecule is C=C1CC(CC)OC1=O.CC1(C)COC1.CC1=C(C)C(=O)N(C)C1=O.C[CH-]O.[2H][CH2-].[W+2]. The van der Waals surface area contributed by atoms with Gasteiger partial charge in [0, 0.05) is 35.6 Å². The summed E-state index contributed by atoms with van der Waals surface area (Å²) in [6, 6.07) is 0. The molecule has 8 heteroatoms. The molecule has 1 unspecified atom stereocenters. The predicted octanol–water partition coefficient (Wildman–Crippen LogP) is 3.62. The first-order valence-electron chi connectivity index (χ1n) is 10.0. The van der Waals surface area contributed by atoms with Gasteiger partial charge in [0.2, 0.25) is 0 Å². The van der Waals surface area contributed by atoms with E-state index in [1.165, 1.54) is 7.05 Å². The van der Waals surface area contributed by atoms with Gasteiger partial charge < -0.3 is 22.0 Å². The molecule has 1 atom stereocenters. The number of likely N-dealkylation sites (N-methyl/N-ethyl adjacent to an activating group) is 1. The van der Waals surface area contributed by atoms with E-state index in [1.807, 2.05) is 6.92 Å². The monoisotopic (exact) mass is 596 g/mol. The molecule has 0 aromatic carbocycles. The van der Waals surface area contributed by atoms with Crippen LogP contribution in [0.3, 0.4) is 0 Å². The number of nitrogens with zero attached hydrogens (tertiary/aromatic N) is 1. The van der Waals surface area contributed by atoms with Crippen molar-refractivity contribution >= 4 is 17.8 Å². The van der Waals surface area contributed by atoms with Crippen LogP contribution in [0.1, 0.15) is 55.8 Å². The van der Waals surface area contributed by atoms with Crippen LogP contribution in [0.15, 0.2) is 23.3 Å². The quantitative estimate of drug-likeness (QED) is 0.215. The zero-order chi connectivity index (χ0) is 24.1. The Hall–Kier alpha value is -1.30. The molecule has 2 amide bonds. The Morgan fingerprint density at radius 2 is 1.60 bits per heavy atom. The molecule has 3 aliphatic heterocycles. The van der Waals surface area contributed by atoms with Crippen molar-refractivity contribution < 1.29 is 51.4 Å². The molecule has 0 saturated carbocycles. The summed E-state index contributed by atoms with van der Waals surface area (Å²) in [4.78, 5) is 33.7. The van der Waals surface area contributed by atoms with Gasteiger partial charge in [-0.15, -0.1) is 0 Å². The summed E-state index contributed by atoms with van der Waals surface area (Å²) in [6.07, 6.45) is 1.71. The van der Waals surface area contributed by atoms with E-state index >= 15 is 0 Å². The number of esters is 1. The Labute approximate surface area is 197 Å². The summed E-state index contributed by atoms with van der Waals surface area (Å²) < 4.78 is 15.3. The number of hydrogen-bond acceptors (Lipinski definition) is 6. The largest absolute Gasteiger partial charge is 2.00 e. The topological polar surface area (TPSA) is 93.1 Å². The molecular weight excluding hydrogens is 558 g/mol. The zero-order valence-corrected chi connectivity index (χ0v) is 22.2. The molecule has 172 valence electrons. The van der Waals surface area contributed by atoms with Crippen molar-refractivity contribution in [1.29, 1.82) is 0 Å². The number of hydrogen-bond donors (Lipinski definition) is 1. The van der Waals surface area contributed by atoms with Gasteiger partial charge >= 0.3 is 27.0 Å². The van der Waals surface area contributed by atoms with E-state index in [0.29, 0.717) is 22.1 Å². The van der Waals surface area contributed by atoms with E-state index in [2.05, 4.69) is 27.8 Å². The van der Waals surface area contributed by atoms with Gasteiger partial charge in [-0.3, -0.25) is 14.5 Å². The van der Waals surface area contributed by atoms with Gasteiger partial charge in [0.15, 0.2) is 0 Å². The van der Waals surface area contributed by atoms with Crippen molar-refractivity contribution in [2.45, 2.75) is 60.5 Å². The normalized spacial score (nSPS) is 21.0. The molecule has 2 fully saturated rings. The van der Waals surface area contributed by atoms with Gasteiger partial charge in [-0.1, -0.05) is 27.4 Å². The molecule has 3 rings (SSSR count). The van der Waals surface area contributed by atoms with E-state index in [4.69, 9.17) is 16.0 Å². The van der Waals surface area contributed by atoms with Crippen LogP contribution >= 0.6 is 0 Å². The van der Waals surface area contributed by atoms with E-state index in [-0.39, 0.29) is 45.0 Å². The first-order chi connectivity index (χ1) is 13.9. The number of carbonyl (C=O) groups is 3. The Kier molecular flexibility index (Phi) is 16.0. The Bertz CT molecular complexity index is 587. The molecular formula is C22H37NO6W. The Morgan fingerprint density at radius 1 is 1.23 bits per heavy atom. The van der Waals surface area contributed by atoms with Crippen LogP contribution in [0, 0.1) is 19.4 Å². The average Bonchev–Trinajstić information content (AvgIpc) is 3.11.